The minimum Gasteiger partial charge on any atom is -0.313 e. The Hall–Kier alpha value is -0.340. The lowest BCUT2D eigenvalue weighted by atomic mass is 9.99. The standard InChI is InChI=1S/C13H24N2/c1-2-12-11-15(10-6-9-14-12)13-7-4-3-5-8-13/h3-4,12-14H,2,5-11H2,1H3. The van der Waals surface area contributed by atoms with Crippen molar-refractivity contribution in [1.29, 1.82) is 0 Å². The molecule has 0 aromatic rings. The highest BCUT2D eigenvalue weighted by Crippen LogP contribution is 2.19. The van der Waals surface area contributed by atoms with Crippen LogP contribution >= 0.6 is 0 Å². The molecule has 0 amide bonds. The fourth-order valence-electron chi connectivity index (χ4n) is 2.74. The van der Waals surface area contributed by atoms with E-state index in [1.807, 2.05) is 0 Å². The fraction of sp³-hybridized carbons (Fsp3) is 0.846. The smallest absolute Gasteiger partial charge is 0.0192 e. The molecule has 0 aromatic heterocycles. The van der Waals surface area contributed by atoms with E-state index in [0.717, 1.165) is 12.1 Å². The maximum absolute atomic E-state index is 3.64. The van der Waals surface area contributed by atoms with E-state index in [0.29, 0.717) is 0 Å². The van der Waals surface area contributed by atoms with Crippen LogP contribution in [0.2, 0.25) is 0 Å². The average Bonchev–Trinajstić information content (AvgIpc) is 2.55. The van der Waals surface area contributed by atoms with Crippen LogP contribution in [0.15, 0.2) is 12.2 Å². The molecule has 0 aromatic carbocycles. The zero-order valence-corrected chi connectivity index (χ0v) is 9.91. The summed E-state index contributed by atoms with van der Waals surface area (Å²) in [5.74, 6) is 0. The van der Waals surface area contributed by atoms with Crippen molar-refractivity contribution in [2.45, 2.75) is 51.1 Å². The van der Waals surface area contributed by atoms with Gasteiger partial charge < -0.3 is 5.32 Å². The first-order valence-corrected chi connectivity index (χ1v) is 6.52. The predicted octanol–water partition coefficient (Wildman–Crippen LogP) is 2.17. The number of nitrogens with one attached hydrogen (secondary N) is 1. The topological polar surface area (TPSA) is 15.3 Å². The van der Waals surface area contributed by atoms with Crippen LogP contribution < -0.4 is 5.32 Å². The van der Waals surface area contributed by atoms with Gasteiger partial charge in [0.1, 0.15) is 0 Å². The second kappa shape index (κ2) is 5.66. The number of rotatable bonds is 2. The summed E-state index contributed by atoms with van der Waals surface area (Å²) in [6, 6.07) is 1.54. The van der Waals surface area contributed by atoms with Gasteiger partial charge in [-0.15, -0.1) is 0 Å². The van der Waals surface area contributed by atoms with Crippen molar-refractivity contribution in [3.05, 3.63) is 12.2 Å². The molecule has 1 heterocycles. The number of hydrogen-bond donors (Lipinski definition) is 1. The summed E-state index contributed by atoms with van der Waals surface area (Å²) >= 11 is 0. The molecule has 86 valence electrons. The Bertz CT molecular complexity index is 213. The van der Waals surface area contributed by atoms with Crippen molar-refractivity contribution in [3.63, 3.8) is 0 Å². The Kier molecular flexibility index (Phi) is 4.21. The zero-order valence-electron chi connectivity index (χ0n) is 9.91. The van der Waals surface area contributed by atoms with E-state index in [9.17, 15) is 0 Å². The second-order valence-corrected chi connectivity index (χ2v) is 4.85. The maximum atomic E-state index is 3.64. The number of nitrogens with zero attached hydrogens (tertiary/aromatic N) is 1. The lowest BCUT2D eigenvalue weighted by Crippen LogP contribution is -2.42. The van der Waals surface area contributed by atoms with Crippen LogP contribution in [0.4, 0.5) is 0 Å². The third kappa shape index (κ3) is 3.05. The number of allylic oxidation sites excluding steroid dienone is 1. The van der Waals surface area contributed by atoms with Gasteiger partial charge in [0.2, 0.25) is 0 Å². The first-order valence-electron chi connectivity index (χ1n) is 6.52. The van der Waals surface area contributed by atoms with Crippen LogP contribution in [0.1, 0.15) is 39.0 Å². The summed E-state index contributed by atoms with van der Waals surface area (Å²) in [6.07, 6.45) is 11.2. The third-order valence-corrected chi connectivity index (χ3v) is 3.76. The van der Waals surface area contributed by atoms with Gasteiger partial charge in [-0.25, -0.2) is 0 Å². The minimum absolute atomic E-state index is 0.721. The summed E-state index contributed by atoms with van der Waals surface area (Å²) in [4.78, 5) is 2.72. The van der Waals surface area contributed by atoms with E-state index < -0.39 is 0 Å². The Morgan fingerprint density at radius 1 is 1.40 bits per heavy atom. The third-order valence-electron chi connectivity index (χ3n) is 3.76. The monoisotopic (exact) mass is 208 g/mol. The zero-order chi connectivity index (χ0) is 10.5. The maximum Gasteiger partial charge on any atom is 0.0192 e. The highest BCUT2D eigenvalue weighted by molar-refractivity contribution is 4.95. The predicted molar refractivity (Wildman–Crippen MR) is 65.1 cm³/mol. The largest absolute Gasteiger partial charge is 0.313 e. The highest BCUT2D eigenvalue weighted by Gasteiger charge is 2.23. The molecule has 1 aliphatic carbocycles. The van der Waals surface area contributed by atoms with E-state index in [1.54, 1.807) is 0 Å². The molecular formula is C13H24N2. The van der Waals surface area contributed by atoms with Crippen LogP contribution in [0, 0.1) is 0 Å². The summed E-state index contributed by atoms with van der Waals surface area (Å²) in [6.45, 7) is 6.05. The Labute approximate surface area is 93.7 Å². The van der Waals surface area contributed by atoms with Crippen molar-refractivity contribution in [3.8, 4) is 0 Å². The van der Waals surface area contributed by atoms with Crippen molar-refractivity contribution in [2.24, 2.45) is 0 Å². The van der Waals surface area contributed by atoms with Gasteiger partial charge in [-0.2, -0.15) is 0 Å². The van der Waals surface area contributed by atoms with Gasteiger partial charge in [-0.1, -0.05) is 19.1 Å². The van der Waals surface area contributed by atoms with Crippen molar-refractivity contribution in [1.82, 2.24) is 10.2 Å². The summed E-state index contributed by atoms with van der Waals surface area (Å²) < 4.78 is 0. The van der Waals surface area contributed by atoms with Crippen LogP contribution in [0.5, 0.6) is 0 Å². The molecule has 0 bridgehead atoms. The lowest BCUT2D eigenvalue weighted by molar-refractivity contribution is 0.180. The van der Waals surface area contributed by atoms with Crippen molar-refractivity contribution in [2.75, 3.05) is 19.6 Å². The molecule has 2 atom stereocenters. The normalized spacial score (nSPS) is 33.9. The van der Waals surface area contributed by atoms with Gasteiger partial charge in [-0.05, 0) is 45.2 Å². The molecule has 1 fully saturated rings. The van der Waals surface area contributed by atoms with E-state index in [1.165, 1.54) is 51.7 Å². The quantitative estimate of drug-likeness (QED) is 0.700. The SMILES string of the molecule is CCC1CN(C2CC=CCC2)CCCN1. The van der Waals surface area contributed by atoms with Crippen LogP contribution in [0.3, 0.4) is 0 Å². The Balaban J connectivity index is 1.91. The Morgan fingerprint density at radius 2 is 2.33 bits per heavy atom. The molecule has 0 radical (unpaired) electrons. The molecule has 2 unspecified atom stereocenters. The second-order valence-electron chi connectivity index (χ2n) is 4.85. The molecule has 2 heteroatoms. The first-order chi connectivity index (χ1) is 7.40. The molecule has 0 saturated carbocycles. The van der Waals surface area contributed by atoms with Gasteiger partial charge >= 0.3 is 0 Å². The van der Waals surface area contributed by atoms with Gasteiger partial charge in [0.15, 0.2) is 0 Å². The van der Waals surface area contributed by atoms with Crippen molar-refractivity contribution >= 4 is 0 Å². The number of hydrogen-bond acceptors (Lipinski definition) is 2. The molecule has 15 heavy (non-hydrogen) atoms. The molecule has 2 aliphatic rings. The summed E-state index contributed by atoms with van der Waals surface area (Å²) in [5.41, 5.74) is 0. The fourth-order valence-corrected chi connectivity index (χ4v) is 2.74. The molecule has 1 N–H and O–H groups in total. The molecule has 1 aliphatic heterocycles. The highest BCUT2D eigenvalue weighted by atomic mass is 15.2. The van der Waals surface area contributed by atoms with Crippen molar-refractivity contribution < 1.29 is 0 Å². The molecule has 0 spiro atoms. The molecule has 2 rings (SSSR count). The van der Waals surface area contributed by atoms with E-state index in [4.69, 9.17) is 0 Å². The van der Waals surface area contributed by atoms with E-state index >= 15 is 0 Å². The Morgan fingerprint density at radius 3 is 3.07 bits per heavy atom. The first kappa shape index (κ1) is 11.2. The molecule has 1 saturated heterocycles. The van der Waals surface area contributed by atoms with Crippen LogP contribution in [-0.4, -0.2) is 36.6 Å². The molecule has 2 nitrogen and oxygen atoms in total. The summed E-state index contributed by atoms with van der Waals surface area (Å²) in [5, 5.41) is 3.64. The van der Waals surface area contributed by atoms with Gasteiger partial charge in [0, 0.05) is 18.6 Å². The van der Waals surface area contributed by atoms with Crippen LogP contribution in [0.25, 0.3) is 0 Å². The van der Waals surface area contributed by atoms with Gasteiger partial charge in [-0.3, -0.25) is 4.90 Å². The van der Waals surface area contributed by atoms with E-state index in [-0.39, 0.29) is 0 Å². The average molecular weight is 208 g/mol. The van der Waals surface area contributed by atoms with Gasteiger partial charge in [0.05, 0.1) is 0 Å². The van der Waals surface area contributed by atoms with E-state index in [2.05, 4.69) is 29.3 Å². The lowest BCUT2D eigenvalue weighted by Gasteiger charge is -2.33. The van der Waals surface area contributed by atoms with Gasteiger partial charge in [0.25, 0.3) is 0 Å². The minimum atomic E-state index is 0.721. The molecular weight excluding hydrogens is 184 g/mol. The van der Waals surface area contributed by atoms with Crippen LogP contribution in [-0.2, 0) is 0 Å². The summed E-state index contributed by atoms with van der Waals surface area (Å²) in [7, 11) is 0.